The number of nitrogens with zero attached hydrogens (tertiary/aromatic N) is 1. The van der Waals surface area contributed by atoms with Crippen LogP contribution in [0.2, 0.25) is 0 Å². The first-order chi connectivity index (χ1) is 9.72. The predicted molar refractivity (Wildman–Crippen MR) is 84.8 cm³/mol. The molecule has 20 heavy (non-hydrogen) atoms. The molecule has 2 rings (SSSR count). The van der Waals surface area contributed by atoms with Crippen molar-refractivity contribution in [3.05, 3.63) is 54.1 Å². The van der Waals surface area contributed by atoms with Gasteiger partial charge in [-0.25, -0.2) is 0 Å². The van der Waals surface area contributed by atoms with Gasteiger partial charge in [0.2, 0.25) is 0 Å². The molecule has 102 valence electrons. The molecule has 0 aliphatic rings. The van der Waals surface area contributed by atoms with Gasteiger partial charge in [0, 0.05) is 0 Å². The third-order valence-corrected chi connectivity index (χ3v) is 3.63. The predicted octanol–water partition coefficient (Wildman–Crippen LogP) is 5.13. The molecule has 0 saturated carbocycles. The van der Waals surface area contributed by atoms with Crippen LogP contribution in [0.1, 0.15) is 25.3 Å². The number of nitriles is 1. The molecule has 0 fully saturated rings. The zero-order valence-electron chi connectivity index (χ0n) is 11.3. The molecule has 0 heterocycles. The van der Waals surface area contributed by atoms with E-state index in [1.165, 1.54) is 0 Å². The highest BCUT2D eigenvalue weighted by Crippen LogP contribution is 2.24. The van der Waals surface area contributed by atoms with Crippen LogP contribution in [0.25, 0.3) is 11.1 Å². The maximum atomic E-state index is 8.79. The summed E-state index contributed by atoms with van der Waals surface area (Å²) in [7, 11) is 0. The molecule has 0 aromatic heterocycles. The van der Waals surface area contributed by atoms with Gasteiger partial charge in [0.15, 0.2) is 5.01 Å². The van der Waals surface area contributed by atoms with E-state index in [0.717, 1.165) is 29.7 Å². The third kappa shape index (κ3) is 3.85. The lowest BCUT2D eigenvalue weighted by atomic mass is 10.0. The molecule has 0 aliphatic carbocycles. The van der Waals surface area contributed by atoms with Crippen molar-refractivity contribution in [1.82, 2.24) is 0 Å². The van der Waals surface area contributed by atoms with Gasteiger partial charge in [-0.3, -0.25) is 0 Å². The lowest BCUT2D eigenvalue weighted by Gasteiger charge is -2.12. The summed E-state index contributed by atoms with van der Waals surface area (Å²) in [5, 5.41) is 8.86. The molecule has 0 N–H and O–H groups in total. The van der Waals surface area contributed by atoms with Crippen molar-refractivity contribution >= 4 is 15.9 Å². The fourth-order valence-electron chi connectivity index (χ4n) is 1.90. The quantitative estimate of drug-likeness (QED) is 0.713. The average molecular weight is 330 g/mol. The summed E-state index contributed by atoms with van der Waals surface area (Å²) < 4.78 is 5.76. The average Bonchev–Trinajstić information content (AvgIpc) is 2.48. The van der Waals surface area contributed by atoms with Gasteiger partial charge in [-0.2, -0.15) is 5.26 Å². The first-order valence-electron chi connectivity index (χ1n) is 6.64. The molecule has 0 aliphatic heterocycles. The van der Waals surface area contributed by atoms with Crippen LogP contribution in [-0.4, -0.2) is 5.01 Å². The summed E-state index contributed by atoms with van der Waals surface area (Å²) in [4.78, 5) is 0. The lowest BCUT2D eigenvalue weighted by Crippen LogP contribution is -2.06. The van der Waals surface area contributed by atoms with Crippen molar-refractivity contribution in [2.75, 3.05) is 0 Å². The molecule has 1 unspecified atom stereocenters. The van der Waals surface area contributed by atoms with Gasteiger partial charge >= 0.3 is 0 Å². The summed E-state index contributed by atoms with van der Waals surface area (Å²) >= 11 is 3.50. The Morgan fingerprint density at radius 2 is 1.60 bits per heavy atom. The van der Waals surface area contributed by atoms with Crippen molar-refractivity contribution in [1.29, 1.82) is 5.26 Å². The lowest BCUT2D eigenvalue weighted by molar-refractivity contribution is 0.282. The summed E-state index contributed by atoms with van der Waals surface area (Å²) in [6.07, 6.45) is 2.07. The van der Waals surface area contributed by atoms with Crippen LogP contribution in [0.15, 0.2) is 48.5 Å². The molecule has 1 atom stereocenters. The highest BCUT2D eigenvalue weighted by atomic mass is 79.9. The second-order valence-corrected chi connectivity index (χ2v) is 5.55. The molecule has 0 bridgehead atoms. The van der Waals surface area contributed by atoms with Crippen molar-refractivity contribution < 1.29 is 4.74 Å². The standard InChI is InChI=1S/C17H16BrNO/c1-2-3-17(18)20-16-10-8-15(9-11-16)14-6-4-13(12-19)5-7-14/h4-11,17H,2-3H2,1H3. The van der Waals surface area contributed by atoms with Gasteiger partial charge < -0.3 is 4.74 Å². The van der Waals surface area contributed by atoms with Crippen LogP contribution in [0.4, 0.5) is 0 Å². The van der Waals surface area contributed by atoms with Gasteiger partial charge in [-0.1, -0.05) is 37.6 Å². The van der Waals surface area contributed by atoms with Crippen LogP contribution in [-0.2, 0) is 0 Å². The second kappa shape index (κ2) is 7.12. The molecular weight excluding hydrogens is 314 g/mol. The van der Waals surface area contributed by atoms with Crippen LogP contribution in [0.5, 0.6) is 5.75 Å². The van der Waals surface area contributed by atoms with Gasteiger partial charge in [-0.15, -0.1) is 0 Å². The van der Waals surface area contributed by atoms with Gasteiger partial charge in [0.1, 0.15) is 5.75 Å². The van der Waals surface area contributed by atoms with E-state index in [0.29, 0.717) is 5.56 Å². The highest BCUT2D eigenvalue weighted by molar-refractivity contribution is 9.09. The van der Waals surface area contributed by atoms with E-state index in [2.05, 4.69) is 28.9 Å². The Labute approximate surface area is 128 Å². The SMILES string of the molecule is CCCC(Br)Oc1ccc(-c2ccc(C#N)cc2)cc1. The van der Waals surface area contributed by atoms with Crippen LogP contribution < -0.4 is 4.74 Å². The topological polar surface area (TPSA) is 33.0 Å². The Morgan fingerprint density at radius 3 is 2.10 bits per heavy atom. The zero-order valence-corrected chi connectivity index (χ0v) is 12.9. The number of alkyl halides is 1. The third-order valence-electron chi connectivity index (χ3n) is 2.98. The Balaban J connectivity index is 2.09. The Bertz CT molecular complexity index is 584. The molecule has 3 heteroatoms. The Kier molecular flexibility index (Phi) is 5.20. The largest absolute Gasteiger partial charge is 0.479 e. The van der Waals surface area contributed by atoms with Crippen molar-refractivity contribution in [2.24, 2.45) is 0 Å². The van der Waals surface area contributed by atoms with Crippen molar-refractivity contribution in [3.8, 4) is 22.9 Å². The number of halogens is 1. The maximum Gasteiger partial charge on any atom is 0.153 e. The highest BCUT2D eigenvalue weighted by Gasteiger charge is 2.05. The van der Waals surface area contributed by atoms with Gasteiger partial charge in [-0.05, 0) is 57.7 Å². The fourth-order valence-corrected chi connectivity index (χ4v) is 2.57. The first kappa shape index (κ1) is 14.6. The smallest absolute Gasteiger partial charge is 0.153 e. The molecule has 0 spiro atoms. The number of hydrogen-bond acceptors (Lipinski definition) is 2. The number of benzene rings is 2. The fraction of sp³-hybridized carbons (Fsp3) is 0.235. The number of rotatable bonds is 5. The van der Waals surface area contributed by atoms with Gasteiger partial charge in [0.05, 0.1) is 11.6 Å². The molecule has 2 aromatic carbocycles. The van der Waals surface area contributed by atoms with Crippen LogP contribution >= 0.6 is 15.9 Å². The number of hydrogen-bond donors (Lipinski definition) is 0. The minimum Gasteiger partial charge on any atom is -0.479 e. The molecule has 0 saturated heterocycles. The van der Waals surface area contributed by atoms with Crippen LogP contribution in [0, 0.1) is 11.3 Å². The Hall–Kier alpha value is -1.79. The van der Waals surface area contributed by atoms with E-state index >= 15 is 0 Å². The van der Waals surface area contributed by atoms with Crippen molar-refractivity contribution in [2.45, 2.75) is 24.8 Å². The summed E-state index contributed by atoms with van der Waals surface area (Å²) in [6.45, 7) is 2.13. The normalized spacial score (nSPS) is 11.7. The van der Waals surface area contributed by atoms with Gasteiger partial charge in [0.25, 0.3) is 0 Å². The summed E-state index contributed by atoms with van der Waals surface area (Å²) in [5.74, 6) is 0.859. The minimum absolute atomic E-state index is 0.0632. The maximum absolute atomic E-state index is 8.79. The Morgan fingerprint density at radius 1 is 1.05 bits per heavy atom. The molecule has 2 nitrogen and oxygen atoms in total. The first-order valence-corrected chi connectivity index (χ1v) is 7.56. The van der Waals surface area contributed by atoms with E-state index in [1.807, 2.05) is 48.5 Å². The summed E-state index contributed by atoms with van der Waals surface area (Å²) in [5.41, 5.74) is 2.89. The molecule has 0 radical (unpaired) electrons. The van der Waals surface area contributed by atoms with Crippen molar-refractivity contribution in [3.63, 3.8) is 0 Å². The van der Waals surface area contributed by atoms with E-state index < -0.39 is 0 Å². The summed E-state index contributed by atoms with van der Waals surface area (Å²) in [6, 6.07) is 17.7. The molecule has 2 aromatic rings. The van der Waals surface area contributed by atoms with E-state index in [9.17, 15) is 0 Å². The van der Waals surface area contributed by atoms with E-state index in [1.54, 1.807) is 0 Å². The monoisotopic (exact) mass is 329 g/mol. The van der Waals surface area contributed by atoms with E-state index in [4.69, 9.17) is 10.00 Å². The van der Waals surface area contributed by atoms with Crippen LogP contribution in [0.3, 0.4) is 0 Å². The second-order valence-electron chi connectivity index (χ2n) is 4.53. The minimum atomic E-state index is 0.0632. The molecule has 0 amide bonds. The molecular formula is C17H16BrNO. The number of ether oxygens (including phenoxy) is 1. The zero-order chi connectivity index (χ0) is 14.4. The van der Waals surface area contributed by atoms with E-state index in [-0.39, 0.29) is 5.01 Å².